The molecule has 1 unspecified atom stereocenters. The number of nitrogens with one attached hydrogen (secondary N) is 1. The standard InChI is InChI=1S/C18H25FN2O5/c1-18(2,3)26-17(24)20-14(16(22)23)11-12-5-4-6-13(19)15(12)21-7-9-25-10-8-21/h4-6,14H,7-11H2,1-3H3,(H,20,24)(H,22,23). The zero-order chi connectivity index (χ0) is 19.3. The monoisotopic (exact) mass is 368 g/mol. The molecule has 26 heavy (non-hydrogen) atoms. The van der Waals surface area contributed by atoms with Crippen LogP contribution in [0.2, 0.25) is 0 Å². The van der Waals surface area contributed by atoms with Gasteiger partial charge in [0.1, 0.15) is 17.5 Å². The summed E-state index contributed by atoms with van der Waals surface area (Å²) in [6.07, 6.45) is -0.881. The average molecular weight is 368 g/mol. The van der Waals surface area contributed by atoms with Crippen LogP contribution in [0.1, 0.15) is 26.3 Å². The zero-order valence-corrected chi connectivity index (χ0v) is 15.3. The molecule has 1 atom stereocenters. The Balaban J connectivity index is 2.19. The number of morpholine rings is 1. The van der Waals surface area contributed by atoms with Gasteiger partial charge in [0.15, 0.2) is 0 Å². The van der Waals surface area contributed by atoms with Gasteiger partial charge in [0.05, 0.1) is 18.9 Å². The largest absolute Gasteiger partial charge is 0.480 e. The highest BCUT2D eigenvalue weighted by atomic mass is 19.1. The van der Waals surface area contributed by atoms with Gasteiger partial charge in [-0.3, -0.25) is 0 Å². The Labute approximate surface area is 152 Å². The molecule has 0 spiro atoms. The second kappa shape index (κ2) is 8.35. The van der Waals surface area contributed by atoms with Crippen LogP contribution in [-0.4, -0.2) is 55.1 Å². The van der Waals surface area contributed by atoms with Crippen LogP contribution in [0.4, 0.5) is 14.9 Å². The minimum atomic E-state index is -1.23. The molecule has 0 saturated carbocycles. The van der Waals surface area contributed by atoms with E-state index in [1.165, 1.54) is 12.1 Å². The highest BCUT2D eigenvalue weighted by molar-refractivity contribution is 5.80. The van der Waals surface area contributed by atoms with Crippen LogP contribution in [0.15, 0.2) is 18.2 Å². The lowest BCUT2D eigenvalue weighted by Gasteiger charge is -2.31. The summed E-state index contributed by atoms with van der Waals surface area (Å²) in [6, 6.07) is 3.30. The molecule has 1 amide bonds. The van der Waals surface area contributed by atoms with Crippen LogP contribution >= 0.6 is 0 Å². The number of nitrogens with zero attached hydrogens (tertiary/aromatic N) is 1. The van der Waals surface area contributed by atoms with E-state index < -0.39 is 29.5 Å². The number of carbonyl (C=O) groups excluding carboxylic acids is 1. The first kappa shape index (κ1) is 20.0. The van der Waals surface area contributed by atoms with Crippen molar-refractivity contribution in [3.05, 3.63) is 29.6 Å². The summed E-state index contributed by atoms with van der Waals surface area (Å²) in [5, 5.41) is 11.8. The number of benzene rings is 1. The number of aliphatic carboxylic acids is 1. The average Bonchev–Trinajstić information content (AvgIpc) is 2.53. The first-order valence-corrected chi connectivity index (χ1v) is 8.50. The highest BCUT2D eigenvalue weighted by Crippen LogP contribution is 2.26. The van der Waals surface area contributed by atoms with E-state index in [9.17, 15) is 19.1 Å². The second-order valence-electron chi connectivity index (χ2n) is 7.09. The maximum atomic E-state index is 14.4. The molecule has 1 saturated heterocycles. The summed E-state index contributed by atoms with van der Waals surface area (Å²) in [5.41, 5.74) is 0.119. The van der Waals surface area contributed by atoms with Gasteiger partial charge in [0.25, 0.3) is 0 Å². The van der Waals surface area contributed by atoms with Gasteiger partial charge < -0.3 is 24.8 Å². The van der Waals surface area contributed by atoms with Gasteiger partial charge >= 0.3 is 12.1 Å². The summed E-state index contributed by atoms with van der Waals surface area (Å²) < 4.78 is 24.8. The van der Waals surface area contributed by atoms with Gasteiger partial charge in [-0.1, -0.05) is 12.1 Å². The van der Waals surface area contributed by atoms with Gasteiger partial charge in [0.2, 0.25) is 0 Å². The Morgan fingerprint density at radius 3 is 2.58 bits per heavy atom. The normalized spacial score (nSPS) is 16.1. The number of amides is 1. The lowest BCUT2D eigenvalue weighted by atomic mass is 10.0. The predicted molar refractivity (Wildman–Crippen MR) is 93.9 cm³/mol. The van der Waals surface area contributed by atoms with Crippen LogP contribution < -0.4 is 10.2 Å². The molecule has 8 heteroatoms. The highest BCUT2D eigenvalue weighted by Gasteiger charge is 2.27. The number of hydrogen-bond acceptors (Lipinski definition) is 5. The fourth-order valence-electron chi connectivity index (χ4n) is 2.74. The smallest absolute Gasteiger partial charge is 0.408 e. The summed E-state index contributed by atoms with van der Waals surface area (Å²) in [4.78, 5) is 25.3. The van der Waals surface area contributed by atoms with Crippen molar-refractivity contribution in [1.29, 1.82) is 0 Å². The molecular weight excluding hydrogens is 343 g/mol. The lowest BCUT2D eigenvalue weighted by molar-refractivity contribution is -0.139. The summed E-state index contributed by atoms with van der Waals surface area (Å²) in [7, 11) is 0. The van der Waals surface area contributed by atoms with Gasteiger partial charge in [0, 0.05) is 19.5 Å². The molecule has 0 aliphatic carbocycles. The van der Waals surface area contributed by atoms with E-state index in [4.69, 9.17) is 9.47 Å². The molecule has 1 aromatic rings. The van der Waals surface area contributed by atoms with Crippen molar-refractivity contribution < 1.29 is 28.6 Å². The number of carbonyl (C=O) groups is 2. The quantitative estimate of drug-likeness (QED) is 0.828. The molecule has 2 N–H and O–H groups in total. The summed E-state index contributed by atoms with van der Waals surface area (Å²) in [6.45, 7) is 7.05. The maximum Gasteiger partial charge on any atom is 0.408 e. The van der Waals surface area contributed by atoms with Crippen LogP contribution in [0.3, 0.4) is 0 Å². The van der Waals surface area contributed by atoms with E-state index in [1.54, 1.807) is 26.8 Å². The Kier molecular flexibility index (Phi) is 6.42. The van der Waals surface area contributed by atoms with Crippen molar-refractivity contribution in [3.63, 3.8) is 0 Å². The maximum absolute atomic E-state index is 14.4. The van der Waals surface area contributed by atoms with Gasteiger partial charge in [-0.2, -0.15) is 0 Å². The zero-order valence-electron chi connectivity index (χ0n) is 15.3. The summed E-state index contributed by atoms with van der Waals surface area (Å²) in [5.74, 6) is -1.64. The topological polar surface area (TPSA) is 88.1 Å². The van der Waals surface area contributed by atoms with Crippen molar-refractivity contribution in [2.24, 2.45) is 0 Å². The molecular formula is C18H25FN2O5. The van der Waals surface area contributed by atoms with Crippen molar-refractivity contribution in [3.8, 4) is 0 Å². The Morgan fingerprint density at radius 1 is 1.35 bits per heavy atom. The van der Waals surface area contributed by atoms with Crippen molar-refractivity contribution in [2.75, 3.05) is 31.2 Å². The molecule has 1 heterocycles. The lowest BCUT2D eigenvalue weighted by Crippen LogP contribution is -2.45. The minimum absolute atomic E-state index is 0.0565. The Bertz CT molecular complexity index is 653. The predicted octanol–water partition coefficient (Wildman–Crippen LogP) is 2.18. The molecule has 2 rings (SSSR count). The van der Waals surface area contributed by atoms with E-state index in [1.807, 2.05) is 4.90 Å². The first-order chi connectivity index (χ1) is 12.2. The SMILES string of the molecule is CC(C)(C)OC(=O)NC(Cc1cccc(F)c1N1CCOCC1)C(=O)O. The molecule has 7 nitrogen and oxygen atoms in total. The van der Waals surface area contributed by atoms with Gasteiger partial charge in [-0.25, -0.2) is 14.0 Å². The number of anilines is 1. The van der Waals surface area contributed by atoms with E-state index >= 15 is 0 Å². The number of halogens is 1. The molecule has 0 radical (unpaired) electrons. The Hall–Kier alpha value is -2.35. The molecule has 1 aliphatic rings. The molecule has 1 aromatic carbocycles. The van der Waals surface area contributed by atoms with Crippen molar-refractivity contribution >= 4 is 17.7 Å². The summed E-state index contributed by atoms with van der Waals surface area (Å²) >= 11 is 0. The Morgan fingerprint density at radius 2 is 2.00 bits per heavy atom. The number of ether oxygens (including phenoxy) is 2. The second-order valence-corrected chi connectivity index (χ2v) is 7.09. The molecule has 1 aliphatic heterocycles. The number of carboxylic acids is 1. The number of rotatable bonds is 5. The molecule has 0 aromatic heterocycles. The third-order valence-electron chi connectivity index (χ3n) is 3.81. The first-order valence-electron chi connectivity index (χ1n) is 8.50. The van der Waals surface area contributed by atoms with E-state index in [0.717, 1.165) is 0 Å². The number of hydrogen-bond donors (Lipinski definition) is 2. The van der Waals surface area contributed by atoms with Crippen molar-refractivity contribution in [2.45, 2.75) is 38.8 Å². The van der Waals surface area contributed by atoms with E-state index in [2.05, 4.69) is 5.32 Å². The fraction of sp³-hybridized carbons (Fsp3) is 0.556. The number of alkyl carbamates (subject to hydrolysis) is 1. The fourth-order valence-corrected chi connectivity index (χ4v) is 2.74. The van der Waals surface area contributed by atoms with Crippen LogP contribution in [0.25, 0.3) is 0 Å². The molecule has 144 valence electrons. The van der Waals surface area contributed by atoms with Gasteiger partial charge in [-0.15, -0.1) is 0 Å². The van der Waals surface area contributed by atoms with Gasteiger partial charge in [-0.05, 0) is 32.4 Å². The van der Waals surface area contributed by atoms with E-state index in [-0.39, 0.29) is 6.42 Å². The minimum Gasteiger partial charge on any atom is -0.480 e. The number of para-hydroxylation sites is 1. The van der Waals surface area contributed by atoms with Crippen LogP contribution in [-0.2, 0) is 20.7 Å². The van der Waals surface area contributed by atoms with E-state index in [0.29, 0.717) is 37.6 Å². The molecule has 0 bridgehead atoms. The third-order valence-corrected chi connectivity index (χ3v) is 3.81. The van der Waals surface area contributed by atoms with Crippen molar-refractivity contribution in [1.82, 2.24) is 5.32 Å². The van der Waals surface area contributed by atoms with Crippen LogP contribution in [0.5, 0.6) is 0 Å². The number of carboxylic acid groups (broad SMARTS) is 1. The third kappa shape index (κ3) is 5.59. The molecule has 1 fully saturated rings. The van der Waals surface area contributed by atoms with Crippen LogP contribution in [0, 0.1) is 5.82 Å².